The van der Waals surface area contributed by atoms with E-state index in [0.717, 1.165) is 22.2 Å². The standard InChI is InChI=1S/C26H30F5N5O/c1-15-9-19-18-5-2-3-6-20(18)34-23(19)25(36(15)14-22(28)29)24-21(10-17(11-32-24)37-26(30)31)33-16-12-35(13-16)8-4-7-27/h2-3,5-6,10-11,15-16,22,25-26,33-34H,4,7-9,12-14H2,1H3/t15-,25+/m1/s1. The van der Waals surface area contributed by atoms with E-state index in [-0.39, 0.29) is 24.5 Å². The van der Waals surface area contributed by atoms with Crippen molar-refractivity contribution in [2.45, 2.75) is 50.9 Å². The zero-order valence-corrected chi connectivity index (χ0v) is 20.4. The molecule has 2 aliphatic rings. The van der Waals surface area contributed by atoms with E-state index in [1.165, 1.54) is 12.3 Å². The Morgan fingerprint density at radius 1 is 1.19 bits per heavy atom. The Kier molecular flexibility index (Phi) is 7.52. The number of likely N-dealkylation sites (tertiary alicyclic amines) is 1. The molecule has 0 saturated carbocycles. The molecular weight excluding hydrogens is 493 g/mol. The van der Waals surface area contributed by atoms with Gasteiger partial charge in [0.05, 0.1) is 42.9 Å². The lowest BCUT2D eigenvalue weighted by atomic mass is 9.90. The van der Waals surface area contributed by atoms with Crippen molar-refractivity contribution in [3.63, 3.8) is 0 Å². The van der Waals surface area contributed by atoms with Gasteiger partial charge in [0.15, 0.2) is 0 Å². The monoisotopic (exact) mass is 523 g/mol. The van der Waals surface area contributed by atoms with Crippen LogP contribution in [0.4, 0.5) is 27.6 Å². The first-order valence-corrected chi connectivity index (χ1v) is 12.5. The van der Waals surface area contributed by atoms with Crippen molar-refractivity contribution in [2.75, 3.05) is 38.2 Å². The molecule has 2 aliphatic heterocycles. The minimum absolute atomic E-state index is 0.0197. The second kappa shape index (κ2) is 10.8. The molecular formula is C26H30F5N5O. The molecule has 37 heavy (non-hydrogen) atoms. The molecule has 1 aromatic carbocycles. The van der Waals surface area contributed by atoms with Crippen molar-refractivity contribution >= 4 is 16.6 Å². The number of pyridine rings is 1. The number of ether oxygens (including phenoxy) is 1. The highest BCUT2D eigenvalue weighted by Crippen LogP contribution is 2.43. The molecule has 0 unspecified atom stereocenters. The van der Waals surface area contributed by atoms with Crippen LogP contribution >= 0.6 is 0 Å². The van der Waals surface area contributed by atoms with E-state index >= 15 is 0 Å². The molecule has 3 aromatic rings. The summed E-state index contributed by atoms with van der Waals surface area (Å²) >= 11 is 0. The summed E-state index contributed by atoms with van der Waals surface area (Å²) < 4.78 is 70.6. The van der Waals surface area contributed by atoms with Crippen molar-refractivity contribution in [3.8, 4) is 5.75 Å². The first-order valence-electron chi connectivity index (χ1n) is 12.5. The predicted molar refractivity (Wildman–Crippen MR) is 131 cm³/mol. The van der Waals surface area contributed by atoms with Gasteiger partial charge in [-0.3, -0.25) is 19.2 Å². The van der Waals surface area contributed by atoms with E-state index < -0.39 is 25.6 Å². The Morgan fingerprint density at radius 2 is 1.97 bits per heavy atom. The highest BCUT2D eigenvalue weighted by molar-refractivity contribution is 5.85. The van der Waals surface area contributed by atoms with Crippen molar-refractivity contribution in [2.24, 2.45) is 0 Å². The number of anilines is 1. The average Bonchev–Trinajstić information content (AvgIpc) is 3.19. The van der Waals surface area contributed by atoms with Crippen LogP contribution in [0, 0.1) is 0 Å². The summed E-state index contributed by atoms with van der Waals surface area (Å²) in [6, 6.07) is 8.38. The number of hydrogen-bond acceptors (Lipinski definition) is 5. The average molecular weight is 524 g/mol. The number of alkyl halides is 5. The van der Waals surface area contributed by atoms with Crippen LogP contribution < -0.4 is 10.1 Å². The van der Waals surface area contributed by atoms with Crippen LogP contribution in [-0.4, -0.2) is 77.7 Å². The third-order valence-electron chi connectivity index (χ3n) is 7.17. The van der Waals surface area contributed by atoms with Crippen LogP contribution in [0.15, 0.2) is 36.5 Å². The van der Waals surface area contributed by atoms with Gasteiger partial charge in [-0.15, -0.1) is 0 Å². The maximum atomic E-state index is 13.8. The van der Waals surface area contributed by atoms with Crippen LogP contribution in [0.25, 0.3) is 10.9 Å². The van der Waals surface area contributed by atoms with E-state index in [1.54, 1.807) is 4.90 Å². The second-order valence-electron chi connectivity index (χ2n) is 9.73. The Balaban J connectivity index is 1.55. The van der Waals surface area contributed by atoms with Crippen LogP contribution in [0.2, 0.25) is 0 Å². The number of para-hydroxylation sites is 1. The summed E-state index contributed by atoms with van der Waals surface area (Å²) in [5.41, 5.74) is 3.63. The largest absolute Gasteiger partial charge is 0.433 e. The van der Waals surface area contributed by atoms with Gasteiger partial charge < -0.3 is 15.0 Å². The fourth-order valence-electron chi connectivity index (χ4n) is 5.55. The summed E-state index contributed by atoms with van der Waals surface area (Å²) in [7, 11) is 0. The van der Waals surface area contributed by atoms with Gasteiger partial charge in [0.25, 0.3) is 6.43 Å². The third-order valence-corrected chi connectivity index (χ3v) is 7.17. The summed E-state index contributed by atoms with van der Waals surface area (Å²) in [6.07, 6.45) is -0.319. The molecule has 2 N–H and O–H groups in total. The lowest BCUT2D eigenvalue weighted by molar-refractivity contribution is -0.0500. The van der Waals surface area contributed by atoms with Gasteiger partial charge in [0.1, 0.15) is 5.75 Å². The number of hydrogen-bond donors (Lipinski definition) is 2. The Bertz CT molecular complexity index is 1220. The second-order valence-corrected chi connectivity index (χ2v) is 9.73. The molecule has 2 aromatic heterocycles. The maximum absolute atomic E-state index is 13.8. The molecule has 0 spiro atoms. The maximum Gasteiger partial charge on any atom is 0.387 e. The fourth-order valence-corrected chi connectivity index (χ4v) is 5.55. The highest BCUT2D eigenvalue weighted by atomic mass is 19.3. The number of aromatic amines is 1. The Hall–Kier alpha value is -2.92. The highest BCUT2D eigenvalue weighted by Gasteiger charge is 2.39. The van der Waals surface area contributed by atoms with E-state index in [1.807, 2.05) is 31.2 Å². The number of benzene rings is 1. The van der Waals surface area contributed by atoms with Crippen molar-refractivity contribution in [1.29, 1.82) is 0 Å². The van der Waals surface area contributed by atoms with Crippen molar-refractivity contribution in [3.05, 3.63) is 53.5 Å². The van der Waals surface area contributed by atoms with E-state index in [9.17, 15) is 22.0 Å². The van der Waals surface area contributed by atoms with Gasteiger partial charge in [-0.25, -0.2) is 8.78 Å². The zero-order valence-electron chi connectivity index (χ0n) is 20.4. The van der Waals surface area contributed by atoms with Gasteiger partial charge in [-0.2, -0.15) is 8.78 Å². The molecule has 0 aliphatic carbocycles. The number of rotatable bonds is 10. The van der Waals surface area contributed by atoms with E-state index in [4.69, 9.17) is 0 Å². The third kappa shape index (κ3) is 5.38. The van der Waals surface area contributed by atoms with E-state index in [0.29, 0.717) is 43.9 Å². The Morgan fingerprint density at radius 3 is 2.70 bits per heavy atom. The van der Waals surface area contributed by atoms with Gasteiger partial charge >= 0.3 is 6.61 Å². The predicted octanol–water partition coefficient (Wildman–Crippen LogP) is 5.22. The minimum atomic E-state index is -3.02. The van der Waals surface area contributed by atoms with Crippen LogP contribution in [0.1, 0.15) is 36.3 Å². The number of aromatic nitrogens is 2. The lowest BCUT2D eigenvalue weighted by Gasteiger charge is -2.43. The normalized spacial score (nSPS) is 21.0. The summed E-state index contributed by atoms with van der Waals surface area (Å²) in [5, 5.41) is 4.40. The molecule has 2 atom stereocenters. The van der Waals surface area contributed by atoms with Gasteiger partial charge in [0.2, 0.25) is 0 Å². The first-order chi connectivity index (χ1) is 17.8. The van der Waals surface area contributed by atoms with Crippen molar-refractivity contribution < 1.29 is 26.7 Å². The smallest absolute Gasteiger partial charge is 0.387 e. The molecule has 0 bridgehead atoms. The van der Waals surface area contributed by atoms with Gasteiger partial charge in [0, 0.05) is 48.3 Å². The van der Waals surface area contributed by atoms with E-state index in [2.05, 4.69) is 24.9 Å². The summed E-state index contributed by atoms with van der Waals surface area (Å²) in [5.74, 6) is -0.115. The molecule has 11 heteroatoms. The number of nitrogens with one attached hydrogen (secondary N) is 2. The first kappa shape index (κ1) is 25.7. The Labute approximate surface area is 211 Å². The molecule has 6 nitrogen and oxygen atoms in total. The van der Waals surface area contributed by atoms with Gasteiger partial charge in [-0.05, 0) is 31.4 Å². The summed E-state index contributed by atoms with van der Waals surface area (Å²) in [4.78, 5) is 11.7. The lowest BCUT2D eigenvalue weighted by Crippen LogP contribution is -2.55. The molecule has 0 radical (unpaired) electrons. The molecule has 1 saturated heterocycles. The number of nitrogens with zero attached hydrogens (tertiary/aromatic N) is 3. The number of halogens is 5. The van der Waals surface area contributed by atoms with Crippen LogP contribution in [-0.2, 0) is 6.42 Å². The molecule has 4 heterocycles. The summed E-state index contributed by atoms with van der Waals surface area (Å²) in [6.45, 7) is -0.0198. The SMILES string of the molecule is C[C@@H]1Cc2c([nH]c3ccccc23)[C@@H](c2ncc(OC(F)F)cc2NC2CN(CCCF)C2)N1CC(F)F. The quantitative estimate of drug-likeness (QED) is 0.357. The minimum Gasteiger partial charge on any atom is -0.433 e. The zero-order chi connectivity index (χ0) is 26.1. The van der Waals surface area contributed by atoms with Gasteiger partial charge in [-0.1, -0.05) is 18.2 Å². The molecule has 200 valence electrons. The van der Waals surface area contributed by atoms with Crippen LogP contribution in [0.3, 0.4) is 0 Å². The molecule has 1 fully saturated rings. The molecule has 5 rings (SSSR count). The number of fused-ring (bicyclic) bond motifs is 3. The molecule has 0 amide bonds. The topological polar surface area (TPSA) is 56.4 Å². The van der Waals surface area contributed by atoms with Crippen molar-refractivity contribution in [1.82, 2.24) is 19.8 Å². The van der Waals surface area contributed by atoms with Crippen LogP contribution in [0.5, 0.6) is 5.75 Å². The fraction of sp³-hybridized carbons (Fsp3) is 0.500. The number of H-pyrrole nitrogens is 1.